The number of carbonyl (C=O) groups is 1. The van der Waals surface area contributed by atoms with Gasteiger partial charge in [-0.2, -0.15) is 0 Å². The van der Waals surface area contributed by atoms with Gasteiger partial charge in [0.2, 0.25) is 6.79 Å². The summed E-state index contributed by atoms with van der Waals surface area (Å²) in [6.45, 7) is 10.2. The lowest BCUT2D eigenvalue weighted by atomic mass is 9.89. The van der Waals surface area contributed by atoms with Crippen molar-refractivity contribution in [3.63, 3.8) is 0 Å². The Morgan fingerprint density at radius 1 is 1.09 bits per heavy atom. The molecule has 1 amide bonds. The van der Waals surface area contributed by atoms with Crippen LogP contribution in [0.1, 0.15) is 66.6 Å². The van der Waals surface area contributed by atoms with Crippen molar-refractivity contribution in [1.29, 1.82) is 0 Å². The van der Waals surface area contributed by atoms with Gasteiger partial charge in [0.25, 0.3) is 0 Å². The molecule has 2 N–H and O–H groups in total. The monoisotopic (exact) mass is 629 g/mol. The Bertz CT molecular complexity index is 1550. The zero-order valence-corrected chi connectivity index (χ0v) is 27.9. The molecular formula is C37H47N3O6. The first-order valence-electron chi connectivity index (χ1n) is 16.0. The average Bonchev–Trinajstić information content (AvgIpc) is 3.48. The summed E-state index contributed by atoms with van der Waals surface area (Å²) in [5.74, 6) is 2.23. The van der Waals surface area contributed by atoms with Crippen LogP contribution in [-0.4, -0.2) is 62.2 Å². The SMILES string of the molecule is Cc1cc2c(cc1/C=C/C1NCCc3c1cc(CO)c(OCc1ccccc1)c3N(C)CCCN(C)C(=O)OC(C)(C)C)OCO2. The van der Waals surface area contributed by atoms with Crippen molar-refractivity contribution in [1.82, 2.24) is 10.2 Å². The zero-order chi connectivity index (χ0) is 32.8. The number of aliphatic hydroxyl groups is 1. The minimum atomic E-state index is -0.544. The van der Waals surface area contributed by atoms with Crippen LogP contribution in [0.5, 0.6) is 17.2 Å². The summed E-state index contributed by atoms with van der Waals surface area (Å²) in [6.07, 6.45) is 5.51. The molecule has 1 unspecified atom stereocenters. The molecule has 5 rings (SSSR count). The van der Waals surface area contributed by atoms with Crippen molar-refractivity contribution in [2.45, 2.75) is 65.4 Å². The van der Waals surface area contributed by atoms with Crippen LogP contribution >= 0.6 is 0 Å². The van der Waals surface area contributed by atoms with E-state index in [4.69, 9.17) is 18.9 Å². The molecule has 0 spiro atoms. The van der Waals surface area contributed by atoms with E-state index in [-0.39, 0.29) is 25.5 Å². The molecule has 0 saturated carbocycles. The topological polar surface area (TPSA) is 92.7 Å². The minimum Gasteiger partial charge on any atom is -0.486 e. The fraction of sp³-hybridized carbons (Fsp3) is 0.432. The van der Waals surface area contributed by atoms with Crippen LogP contribution in [-0.2, 0) is 24.4 Å². The first-order valence-corrected chi connectivity index (χ1v) is 16.0. The van der Waals surface area contributed by atoms with E-state index < -0.39 is 5.60 Å². The quantitative estimate of drug-likeness (QED) is 0.252. The Labute approximate surface area is 272 Å². The third-order valence-electron chi connectivity index (χ3n) is 8.24. The number of anilines is 1. The Balaban J connectivity index is 1.44. The molecule has 0 bridgehead atoms. The summed E-state index contributed by atoms with van der Waals surface area (Å²) in [6, 6.07) is 16.1. The highest BCUT2D eigenvalue weighted by Gasteiger charge is 2.28. The lowest BCUT2D eigenvalue weighted by molar-refractivity contribution is 0.0298. The predicted octanol–water partition coefficient (Wildman–Crippen LogP) is 6.39. The smallest absolute Gasteiger partial charge is 0.410 e. The summed E-state index contributed by atoms with van der Waals surface area (Å²) in [5.41, 5.74) is 6.71. The van der Waals surface area contributed by atoms with Gasteiger partial charge in [-0.15, -0.1) is 0 Å². The van der Waals surface area contributed by atoms with Gasteiger partial charge in [-0.3, -0.25) is 0 Å². The van der Waals surface area contributed by atoms with Crippen LogP contribution < -0.4 is 24.4 Å². The molecule has 0 fully saturated rings. The number of hydrogen-bond donors (Lipinski definition) is 2. The number of fused-ring (bicyclic) bond motifs is 2. The van der Waals surface area contributed by atoms with E-state index >= 15 is 0 Å². The van der Waals surface area contributed by atoms with Gasteiger partial charge < -0.3 is 39.2 Å². The maximum atomic E-state index is 12.5. The van der Waals surface area contributed by atoms with Gasteiger partial charge in [0.05, 0.1) is 18.3 Å². The van der Waals surface area contributed by atoms with Crippen molar-refractivity contribution < 1.29 is 28.8 Å². The highest BCUT2D eigenvalue weighted by Crippen LogP contribution is 2.43. The first-order chi connectivity index (χ1) is 22.0. The Hall–Kier alpha value is -4.21. The van der Waals surface area contributed by atoms with Crippen LogP contribution in [0, 0.1) is 6.92 Å². The number of nitrogens with zero attached hydrogens (tertiary/aromatic N) is 2. The van der Waals surface area contributed by atoms with Crippen LogP contribution in [0.15, 0.2) is 54.6 Å². The van der Waals surface area contributed by atoms with Gasteiger partial charge in [-0.1, -0.05) is 42.5 Å². The molecule has 9 heteroatoms. The number of hydrogen-bond acceptors (Lipinski definition) is 8. The Kier molecular flexibility index (Phi) is 10.4. The molecule has 0 saturated heterocycles. The summed E-state index contributed by atoms with van der Waals surface area (Å²) in [7, 11) is 3.82. The summed E-state index contributed by atoms with van der Waals surface area (Å²) in [4.78, 5) is 16.4. The van der Waals surface area contributed by atoms with Crippen molar-refractivity contribution in [3.8, 4) is 17.2 Å². The van der Waals surface area contributed by atoms with E-state index in [0.29, 0.717) is 25.4 Å². The molecule has 2 aliphatic heterocycles. The molecular weight excluding hydrogens is 582 g/mol. The molecule has 246 valence electrons. The summed E-state index contributed by atoms with van der Waals surface area (Å²) >= 11 is 0. The number of carbonyl (C=O) groups excluding carboxylic acids is 1. The van der Waals surface area contributed by atoms with E-state index in [1.807, 2.05) is 63.2 Å². The fourth-order valence-corrected chi connectivity index (χ4v) is 5.88. The second-order valence-electron chi connectivity index (χ2n) is 13.0. The molecule has 3 aromatic carbocycles. The molecule has 46 heavy (non-hydrogen) atoms. The van der Waals surface area contributed by atoms with Crippen molar-refractivity contribution in [3.05, 3.63) is 88.0 Å². The minimum absolute atomic E-state index is 0.0625. The van der Waals surface area contributed by atoms with Crippen LogP contribution in [0.4, 0.5) is 10.5 Å². The lowest BCUT2D eigenvalue weighted by Gasteiger charge is -2.33. The highest BCUT2D eigenvalue weighted by molar-refractivity contribution is 5.71. The van der Waals surface area contributed by atoms with E-state index in [1.165, 1.54) is 5.56 Å². The maximum Gasteiger partial charge on any atom is 0.410 e. The number of aliphatic hydroxyl groups excluding tert-OH is 1. The van der Waals surface area contributed by atoms with Gasteiger partial charge in [-0.25, -0.2) is 4.79 Å². The van der Waals surface area contributed by atoms with E-state index in [2.05, 4.69) is 42.4 Å². The summed E-state index contributed by atoms with van der Waals surface area (Å²) < 4.78 is 23.2. The molecule has 2 aliphatic rings. The van der Waals surface area contributed by atoms with E-state index in [0.717, 1.165) is 64.4 Å². The van der Waals surface area contributed by atoms with Crippen LogP contribution in [0.2, 0.25) is 0 Å². The molecule has 3 aromatic rings. The van der Waals surface area contributed by atoms with Gasteiger partial charge in [0, 0.05) is 39.3 Å². The molecule has 9 nitrogen and oxygen atoms in total. The van der Waals surface area contributed by atoms with E-state index in [1.54, 1.807) is 11.9 Å². The largest absolute Gasteiger partial charge is 0.486 e. The molecule has 0 aromatic heterocycles. The third-order valence-corrected chi connectivity index (χ3v) is 8.24. The van der Waals surface area contributed by atoms with E-state index in [9.17, 15) is 9.90 Å². The second kappa shape index (κ2) is 14.5. The van der Waals surface area contributed by atoms with Crippen molar-refractivity contribution in [2.24, 2.45) is 0 Å². The predicted molar refractivity (Wildman–Crippen MR) is 181 cm³/mol. The van der Waals surface area contributed by atoms with Crippen LogP contribution in [0.25, 0.3) is 6.08 Å². The van der Waals surface area contributed by atoms with Gasteiger partial charge in [0.15, 0.2) is 11.5 Å². The highest BCUT2D eigenvalue weighted by atomic mass is 16.7. The van der Waals surface area contributed by atoms with Crippen LogP contribution in [0.3, 0.4) is 0 Å². The van der Waals surface area contributed by atoms with Gasteiger partial charge in [0.1, 0.15) is 18.0 Å². The molecule has 2 heterocycles. The standard InChI is InChI=1S/C37H47N3O6/c1-25-19-32-33(45-24-44-32)21-27(25)13-14-31-30-20-28(22-41)35(43-23-26-11-8-7-9-12-26)34(29(30)15-16-38-31)39(5)17-10-18-40(6)36(42)46-37(2,3)4/h7-9,11-14,19-21,31,38,41H,10,15-18,22-24H2,1-6H3/b14-13+. The Morgan fingerprint density at radius 3 is 2.54 bits per heavy atom. The number of aryl methyl sites for hydroxylation is 1. The number of amides is 1. The zero-order valence-electron chi connectivity index (χ0n) is 27.9. The summed E-state index contributed by atoms with van der Waals surface area (Å²) in [5, 5.41) is 14.3. The molecule has 0 aliphatic carbocycles. The molecule has 0 radical (unpaired) electrons. The maximum absolute atomic E-state index is 12.5. The normalized spacial score (nSPS) is 15.5. The fourth-order valence-electron chi connectivity index (χ4n) is 5.88. The van der Waals surface area contributed by atoms with Crippen molar-refractivity contribution in [2.75, 3.05) is 45.4 Å². The number of nitrogens with one attached hydrogen (secondary N) is 1. The number of ether oxygens (including phenoxy) is 4. The Morgan fingerprint density at radius 2 is 1.83 bits per heavy atom. The first kappa shape index (κ1) is 33.2. The van der Waals surface area contributed by atoms with Gasteiger partial charge in [-0.05, 0) is 86.6 Å². The van der Waals surface area contributed by atoms with Gasteiger partial charge >= 0.3 is 6.09 Å². The van der Waals surface area contributed by atoms with Crippen molar-refractivity contribution >= 4 is 17.9 Å². The third kappa shape index (κ3) is 7.95. The number of rotatable bonds is 11. The molecule has 1 atom stereocenters. The second-order valence-corrected chi connectivity index (χ2v) is 13.0. The number of benzene rings is 3. The average molecular weight is 630 g/mol. The lowest BCUT2D eigenvalue weighted by Crippen LogP contribution is -2.36.